The van der Waals surface area contributed by atoms with Gasteiger partial charge < -0.3 is 4.90 Å². The van der Waals surface area contributed by atoms with Crippen LogP contribution in [0.25, 0.3) is 16.7 Å². The zero-order valence-corrected chi connectivity index (χ0v) is 23.5. The minimum absolute atomic E-state index is 0.197. The molecule has 3 aromatic carbocycles. The Morgan fingerprint density at radius 3 is 2.31 bits per heavy atom. The number of piperazine rings is 1. The van der Waals surface area contributed by atoms with E-state index in [0.29, 0.717) is 12.0 Å². The van der Waals surface area contributed by atoms with Crippen molar-refractivity contribution in [2.24, 2.45) is 11.8 Å². The minimum Gasteiger partial charge on any atom is -0.340 e. The van der Waals surface area contributed by atoms with Gasteiger partial charge in [-0.25, -0.2) is 4.98 Å². The molecule has 2 heterocycles. The number of aryl methyl sites for hydroxylation is 1. The number of imidazole rings is 1. The van der Waals surface area contributed by atoms with Gasteiger partial charge in [0.1, 0.15) is 6.33 Å². The second kappa shape index (κ2) is 11.0. The van der Waals surface area contributed by atoms with Crippen LogP contribution in [0, 0.1) is 18.8 Å². The lowest BCUT2D eigenvalue weighted by atomic mass is 9.92. The maximum Gasteiger partial charge on any atom is 0.219 e. The molecule has 202 valence electrons. The monoisotopic (exact) mass is 520 g/mol. The van der Waals surface area contributed by atoms with Gasteiger partial charge >= 0.3 is 0 Å². The predicted octanol–water partition coefficient (Wildman–Crippen LogP) is 6.76. The molecule has 4 aromatic rings. The number of para-hydroxylation sites is 1. The average Bonchev–Trinajstić information content (AvgIpc) is 3.55. The van der Waals surface area contributed by atoms with Crippen LogP contribution in [0.15, 0.2) is 79.1 Å². The fraction of sp³-hybridized carbons (Fsp3) is 0.412. The molecule has 1 aliphatic heterocycles. The predicted molar refractivity (Wildman–Crippen MR) is 158 cm³/mol. The summed E-state index contributed by atoms with van der Waals surface area (Å²) in [5, 5.41) is 0. The zero-order chi connectivity index (χ0) is 26.9. The number of aromatic nitrogens is 2. The standard InChI is InChI=1S/C34H40N4O/c1-24-9-11-27(12-10-24)34(37-17-15-36(16-18-37)26(3)39)22-30-20-29(30)19-25(2)28-13-14-33-32(21-28)35-23-38(33)31-7-5-4-6-8-31/h4-14,21,23,25,29-30,34H,15-20,22H2,1-3H3. The second-order valence-electron chi connectivity index (χ2n) is 11.8. The Morgan fingerprint density at radius 2 is 1.59 bits per heavy atom. The van der Waals surface area contributed by atoms with Crippen molar-refractivity contribution in [1.29, 1.82) is 0 Å². The molecule has 1 aromatic heterocycles. The third-order valence-electron chi connectivity index (χ3n) is 9.09. The van der Waals surface area contributed by atoms with Crippen LogP contribution in [-0.2, 0) is 4.79 Å². The Bertz CT molecular complexity index is 1420. The Kier molecular flexibility index (Phi) is 7.26. The first-order valence-corrected chi connectivity index (χ1v) is 14.5. The molecule has 4 unspecified atom stereocenters. The summed E-state index contributed by atoms with van der Waals surface area (Å²) >= 11 is 0. The van der Waals surface area contributed by atoms with Gasteiger partial charge in [0, 0.05) is 44.8 Å². The highest BCUT2D eigenvalue weighted by molar-refractivity contribution is 5.78. The van der Waals surface area contributed by atoms with Gasteiger partial charge in [0.15, 0.2) is 0 Å². The summed E-state index contributed by atoms with van der Waals surface area (Å²) < 4.78 is 2.17. The third kappa shape index (κ3) is 5.65. The van der Waals surface area contributed by atoms with Gasteiger partial charge in [0.05, 0.1) is 11.0 Å². The van der Waals surface area contributed by atoms with Crippen molar-refractivity contribution >= 4 is 16.9 Å². The first-order valence-electron chi connectivity index (χ1n) is 14.5. The van der Waals surface area contributed by atoms with Gasteiger partial charge in [-0.3, -0.25) is 14.3 Å². The van der Waals surface area contributed by atoms with Crippen molar-refractivity contribution in [3.8, 4) is 5.69 Å². The van der Waals surface area contributed by atoms with Crippen LogP contribution in [-0.4, -0.2) is 51.4 Å². The van der Waals surface area contributed by atoms with Crippen LogP contribution in [0.1, 0.15) is 61.8 Å². The van der Waals surface area contributed by atoms with E-state index < -0.39 is 0 Å². The third-order valence-corrected chi connectivity index (χ3v) is 9.09. The number of nitrogens with zero attached hydrogens (tertiary/aromatic N) is 4. The topological polar surface area (TPSA) is 41.4 Å². The van der Waals surface area contributed by atoms with Crippen LogP contribution < -0.4 is 0 Å². The molecule has 0 bridgehead atoms. The summed E-state index contributed by atoms with van der Waals surface area (Å²) in [6.45, 7) is 9.82. The molecular formula is C34H40N4O. The number of benzene rings is 3. The molecule has 5 heteroatoms. The van der Waals surface area contributed by atoms with E-state index in [1.165, 1.54) is 36.0 Å². The molecule has 6 rings (SSSR count). The first-order chi connectivity index (χ1) is 19.0. The number of carbonyl (C=O) groups is 1. The second-order valence-corrected chi connectivity index (χ2v) is 11.8. The van der Waals surface area contributed by atoms with E-state index in [9.17, 15) is 4.79 Å². The van der Waals surface area contributed by atoms with E-state index >= 15 is 0 Å². The Labute approximate surface area is 232 Å². The highest BCUT2D eigenvalue weighted by atomic mass is 16.2. The maximum atomic E-state index is 11.9. The average molecular weight is 521 g/mol. The highest BCUT2D eigenvalue weighted by Crippen LogP contribution is 2.50. The van der Waals surface area contributed by atoms with Crippen LogP contribution >= 0.6 is 0 Å². The Morgan fingerprint density at radius 1 is 0.897 bits per heavy atom. The summed E-state index contributed by atoms with van der Waals surface area (Å²) in [4.78, 5) is 21.2. The Hall–Kier alpha value is -3.44. The molecule has 5 nitrogen and oxygen atoms in total. The number of hydrogen-bond acceptors (Lipinski definition) is 3. The van der Waals surface area contributed by atoms with Crippen molar-refractivity contribution in [3.05, 3.63) is 95.8 Å². The van der Waals surface area contributed by atoms with E-state index in [4.69, 9.17) is 4.98 Å². The van der Waals surface area contributed by atoms with E-state index in [1.807, 2.05) is 17.3 Å². The largest absolute Gasteiger partial charge is 0.340 e. The van der Waals surface area contributed by atoms with Crippen molar-refractivity contribution in [1.82, 2.24) is 19.4 Å². The SMILES string of the molecule is CC(=O)N1CCN(C(CC2CC2CC(C)c2ccc3c(c2)ncn3-c2ccccc2)c2ccc(C)cc2)CC1. The minimum atomic E-state index is 0.197. The number of rotatable bonds is 8. The van der Waals surface area contributed by atoms with E-state index in [-0.39, 0.29) is 5.91 Å². The fourth-order valence-corrected chi connectivity index (χ4v) is 6.53. The Balaban J connectivity index is 1.11. The number of fused-ring (bicyclic) bond motifs is 1. The lowest BCUT2D eigenvalue weighted by Gasteiger charge is -2.39. The van der Waals surface area contributed by atoms with Crippen molar-refractivity contribution in [3.63, 3.8) is 0 Å². The van der Waals surface area contributed by atoms with Gasteiger partial charge in [-0.05, 0) is 79.3 Å². The molecule has 2 aliphatic rings. The van der Waals surface area contributed by atoms with Gasteiger partial charge in [0.2, 0.25) is 5.91 Å². The summed E-state index contributed by atoms with van der Waals surface area (Å²) in [6, 6.07) is 26.8. The molecule has 0 spiro atoms. The van der Waals surface area contributed by atoms with Gasteiger partial charge in [-0.2, -0.15) is 0 Å². The zero-order valence-electron chi connectivity index (χ0n) is 23.5. The molecule has 0 N–H and O–H groups in total. The molecule has 1 saturated heterocycles. The van der Waals surface area contributed by atoms with E-state index in [2.05, 4.69) is 90.0 Å². The van der Waals surface area contributed by atoms with Gasteiger partial charge in [-0.15, -0.1) is 0 Å². The van der Waals surface area contributed by atoms with Crippen LogP contribution in [0.4, 0.5) is 0 Å². The molecular weight excluding hydrogens is 480 g/mol. The fourth-order valence-electron chi connectivity index (χ4n) is 6.53. The van der Waals surface area contributed by atoms with E-state index in [0.717, 1.165) is 54.7 Å². The summed E-state index contributed by atoms with van der Waals surface area (Å²) in [7, 11) is 0. The van der Waals surface area contributed by atoms with E-state index in [1.54, 1.807) is 6.92 Å². The summed E-state index contributed by atoms with van der Waals surface area (Å²) in [6.07, 6.45) is 5.70. The number of amides is 1. The number of hydrogen-bond donors (Lipinski definition) is 0. The molecule has 4 atom stereocenters. The van der Waals surface area contributed by atoms with Gasteiger partial charge in [0.25, 0.3) is 0 Å². The summed E-state index contributed by atoms with van der Waals surface area (Å²) in [5.74, 6) is 2.26. The molecule has 1 amide bonds. The summed E-state index contributed by atoms with van der Waals surface area (Å²) in [5.41, 5.74) is 7.50. The van der Waals surface area contributed by atoms with Crippen LogP contribution in [0.2, 0.25) is 0 Å². The molecule has 0 radical (unpaired) electrons. The number of carbonyl (C=O) groups excluding carboxylic acids is 1. The van der Waals surface area contributed by atoms with Gasteiger partial charge in [-0.1, -0.05) is 61.0 Å². The maximum absolute atomic E-state index is 11.9. The smallest absolute Gasteiger partial charge is 0.219 e. The normalized spacial score (nSPS) is 21.2. The highest BCUT2D eigenvalue weighted by Gasteiger charge is 2.41. The van der Waals surface area contributed by atoms with Crippen LogP contribution in [0.3, 0.4) is 0 Å². The molecule has 1 saturated carbocycles. The van der Waals surface area contributed by atoms with Crippen molar-refractivity contribution < 1.29 is 4.79 Å². The molecule has 2 fully saturated rings. The lowest BCUT2D eigenvalue weighted by Crippen LogP contribution is -2.49. The molecule has 1 aliphatic carbocycles. The van der Waals surface area contributed by atoms with Crippen molar-refractivity contribution in [2.75, 3.05) is 26.2 Å². The van der Waals surface area contributed by atoms with Crippen molar-refractivity contribution in [2.45, 2.75) is 52.0 Å². The van der Waals surface area contributed by atoms with Crippen LogP contribution in [0.5, 0.6) is 0 Å². The lowest BCUT2D eigenvalue weighted by molar-refractivity contribution is -0.130. The molecule has 39 heavy (non-hydrogen) atoms. The quantitative estimate of drug-likeness (QED) is 0.258. The first kappa shape index (κ1) is 25.8.